The van der Waals surface area contributed by atoms with Gasteiger partial charge in [-0.25, -0.2) is 9.97 Å². The van der Waals surface area contributed by atoms with Crippen LogP contribution in [0.5, 0.6) is 0 Å². The van der Waals surface area contributed by atoms with Gasteiger partial charge >= 0.3 is 0 Å². The van der Waals surface area contributed by atoms with E-state index in [0.717, 1.165) is 40.6 Å². The number of hydrogen-bond acceptors (Lipinski definition) is 4. The van der Waals surface area contributed by atoms with Crippen molar-refractivity contribution in [2.45, 2.75) is 38.6 Å². The second kappa shape index (κ2) is 4.62. The maximum atomic E-state index is 5.87. The van der Waals surface area contributed by atoms with Crippen molar-refractivity contribution in [3.05, 3.63) is 41.9 Å². The Morgan fingerprint density at radius 2 is 2.24 bits per heavy atom. The lowest BCUT2D eigenvalue weighted by molar-refractivity contribution is 0.445. The highest BCUT2D eigenvalue weighted by Crippen LogP contribution is 2.41. The zero-order valence-electron chi connectivity index (χ0n) is 12.0. The van der Waals surface area contributed by atoms with E-state index >= 15 is 0 Å². The minimum absolute atomic E-state index is 0.569. The fourth-order valence-electron chi connectivity index (χ4n) is 2.70. The molecule has 0 radical (unpaired) electrons. The Kier molecular flexibility index (Phi) is 2.74. The molecule has 1 aromatic carbocycles. The van der Waals surface area contributed by atoms with E-state index in [0.29, 0.717) is 12.5 Å². The Balaban J connectivity index is 1.79. The van der Waals surface area contributed by atoms with Gasteiger partial charge in [-0.05, 0) is 31.0 Å². The third kappa shape index (κ3) is 2.18. The lowest BCUT2D eigenvalue weighted by Crippen LogP contribution is -2.04. The van der Waals surface area contributed by atoms with Gasteiger partial charge in [-0.3, -0.25) is 0 Å². The molecule has 108 valence electrons. The summed E-state index contributed by atoms with van der Waals surface area (Å²) < 4.78 is 7.97. The average molecular weight is 282 g/mol. The molecule has 5 nitrogen and oxygen atoms in total. The first kappa shape index (κ1) is 12.4. The first-order chi connectivity index (χ1) is 10.2. The standard InChI is InChI=1S/C16H18N4O/c1-2-12-8-18-15(21-12)9-20-14-6-5-11(17)7-13(14)19-16(20)10-3-4-10/h5-8,10H,2-4,9,17H2,1H3. The predicted octanol–water partition coefficient (Wildman–Crippen LogP) is 3.09. The summed E-state index contributed by atoms with van der Waals surface area (Å²) >= 11 is 0. The molecule has 5 heteroatoms. The van der Waals surface area contributed by atoms with Crippen LogP contribution in [0, 0.1) is 0 Å². The molecule has 1 aliphatic rings. The monoisotopic (exact) mass is 282 g/mol. The molecule has 0 saturated heterocycles. The normalized spacial score (nSPS) is 14.9. The molecule has 2 N–H and O–H groups in total. The van der Waals surface area contributed by atoms with Crippen molar-refractivity contribution in [1.29, 1.82) is 0 Å². The number of fused-ring (bicyclic) bond motifs is 1. The Morgan fingerprint density at radius 1 is 1.38 bits per heavy atom. The van der Waals surface area contributed by atoms with E-state index in [-0.39, 0.29) is 0 Å². The third-order valence-corrected chi connectivity index (χ3v) is 3.99. The van der Waals surface area contributed by atoms with E-state index in [1.54, 1.807) is 0 Å². The van der Waals surface area contributed by atoms with Crippen LogP contribution >= 0.6 is 0 Å². The molecule has 1 saturated carbocycles. The number of aryl methyl sites for hydroxylation is 1. The Morgan fingerprint density at radius 3 is 2.95 bits per heavy atom. The summed E-state index contributed by atoms with van der Waals surface area (Å²) in [7, 11) is 0. The summed E-state index contributed by atoms with van der Waals surface area (Å²) in [6.45, 7) is 2.70. The Hall–Kier alpha value is -2.30. The molecule has 0 amide bonds. The maximum absolute atomic E-state index is 5.87. The van der Waals surface area contributed by atoms with Crippen LogP contribution in [-0.4, -0.2) is 14.5 Å². The molecule has 1 fully saturated rings. The third-order valence-electron chi connectivity index (χ3n) is 3.99. The highest BCUT2D eigenvalue weighted by molar-refractivity contribution is 5.80. The van der Waals surface area contributed by atoms with Crippen molar-refractivity contribution in [1.82, 2.24) is 14.5 Å². The van der Waals surface area contributed by atoms with Gasteiger partial charge in [0.15, 0.2) is 0 Å². The zero-order valence-corrected chi connectivity index (χ0v) is 12.0. The van der Waals surface area contributed by atoms with Crippen LogP contribution in [0.2, 0.25) is 0 Å². The lowest BCUT2D eigenvalue weighted by atomic mass is 10.3. The van der Waals surface area contributed by atoms with Crippen molar-refractivity contribution in [3.63, 3.8) is 0 Å². The van der Waals surface area contributed by atoms with Crippen LogP contribution in [0.15, 0.2) is 28.8 Å². The largest absolute Gasteiger partial charge is 0.444 e. The minimum atomic E-state index is 0.569. The fourth-order valence-corrected chi connectivity index (χ4v) is 2.70. The molecule has 0 aliphatic heterocycles. The summed E-state index contributed by atoms with van der Waals surface area (Å²) in [5, 5.41) is 0. The summed E-state index contributed by atoms with van der Waals surface area (Å²) in [5.41, 5.74) is 8.67. The molecule has 21 heavy (non-hydrogen) atoms. The smallest absolute Gasteiger partial charge is 0.214 e. The van der Waals surface area contributed by atoms with Gasteiger partial charge in [0, 0.05) is 18.0 Å². The number of nitrogens with zero attached hydrogens (tertiary/aromatic N) is 3. The van der Waals surface area contributed by atoms with Crippen LogP contribution in [0.25, 0.3) is 11.0 Å². The number of nitrogen functional groups attached to an aromatic ring is 1. The molecule has 0 atom stereocenters. The van der Waals surface area contributed by atoms with Crippen molar-refractivity contribution in [2.75, 3.05) is 5.73 Å². The van der Waals surface area contributed by atoms with Gasteiger partial charge in [-0.2, -0.15) is 0 Å². The van der Waals surface area contributed by atoms with Crippen LogP contribution in [0.3, 0.4) is 0 Å². The second-order valence-electron chi connectivity index (χ2n) is 5.65. The molecule has 0 bridgehead atoms. The fraction of sp³-hybridized carbons (Fsp3) is 0.375. The number of hydrogen-bond donors (Lipinski definition) is 1. The molecule has 0 spiro atoms. The molecule has 4 rings (SSSR count). The average Bonchev–Trinajstić information content (AvgIpc) is 3.13. The zero-order chi connectivity index (χ0) is 14.4. The van der Waals surface area contributed by atoms with Crippen molar-refractivity contribution in [2.24, 2.45) is 0 Å². The molecule has 3 aromatic rings. The molecular weight excluding hydrogens is 264 g/mol. The van der Waals surface area contributed by atoms with Crippen molar-refractivity contribution >= 4 is 16.7 Å². The van der Waals surface area contributed by atoms with Crippen LogP contribution in [-0.2, 0) is 13.0 Å². The van der Waals surface area contributed by atoms with Gasteiger partial charge in [-0.1, -0.05) is 6.92 Å². The van der Waals surface area contributed by atoms with Gasteiger partial charge in [0.25, 0.3) is 0 Å². The van der Waals surface area contributed by atoms with Gasteiger partial charge in [0.2, 0.25) is 5.89 Å². The first-order valence-corrected chi connectivity index (χ1v) is 7.44. The highest BCUT2D eigenvalue weighted by Gasteiger charge is 2.30. The van der Waals surface area contributed by atoms with E-state index in [1.807, 2.05) is 24.4 Å². The lowest BCUT2D eigenvalue weighted by Gasteiger charge is -2.06. The summed E-state index contributed by atoms with van der Waals surface area (Å²) in [6.07, 6.45) is 5.10. The van der Waals surface area contributed by atoms with E-state index in [9.17, 15) is 0 Å². The van der Waals surface area contributed by atoms with Crippen molar-refractivity contribution < 1.29 is 4.42 Å². The molecule has 2 aromatic heterocycles. The molecular formula is C16H18N4O. The van der Waals surface area contributed by atoms with E-state index in [1.165, 1.54) is 12.8 Å². The van der Waals surface area contributed by atoms with Gasteiger partial charge < -0.3 is 14.7 Å². The Labute approximate surface area is 122 Å². The summed E-state index contributed by atoms with van der Waals surface area (Å²) in [6, 6.07) is 5.89. The maximum Gasteiger partial charge on any atom is 0.214 e. The van der Waals surface area contributed by atoms with E-state index < -0.39 is 0 Å². The number of imidazole rings is 1. The second-order valence-corrected chi connectivity index (χ2v) is 5.65. The molecule has 2 heterocycles. The molecule has 1 aliphatic carbocycles. The summed E-state index contributed by atoms with van der Waals surface area (Å²) in [5.74, 6) is 3.36. The topological polar surface area (TPSA) is 69.9 Å². The quantitative estimate of drug-likeness (QED) is 0.746. The molecule has 0 unspecified atom stereocenters. The first-order valence-electron chi connectivity index (χ1n) is 7.44. The number of benzene rings is 1. The number of rotatable bonds is 4. The SMILES string of the molecule is CCc1cnc(Cn2c(C3CC3)nc3cc(N)ccc32)o1. The Bertz CT molecular complexity index is 798. The van der Waals surface area contributed by atoms with Gasteiger partial charge in [0.05, 0.1) is 17.2 Å². The predicted molar refractivity (Wildman–Crippen MR) is 81.1 cm³/mol. The van der Waals surface area contributed by atoms with E-state index in [4.69, 9.17) is 15.1 Å². The van der Waals surface area contributed by atoms with Crippen molar-refractivity contribution in [3.8, 4) is 0 Å². The highest BCUT2D eigenvalue weighted by atomic mass is 16.4. The van der Waals surface area contributed by atoms with Crippen LogP contribution < -0.4 is 5.73 Å². The number of oxazole rings is 1. The summed E-state index contributed by atoms with van der Waals surface area (Å²) in [4.78, 5) is 9.14. The van der Waals surface area contributed by atoms with Gasteiger partial charge in [0.1, 0.15) is 18.1 Å². The van der Waals surface area contributed by atoms with E-state index in [2.05, 4.69) is 16.5 Å². The van der Waals surface area contributed by atoms with Crippen LogP contribution in [0.1, 0.15) is 43.2 Å². The number of aromatic nitrogens is 3. The number of anilines is 1. The van der Waals surface area contributed by atoms with Gasteiger partial charge in [-0.15, -0.1) is 0 Å². The number of nitrogens with two attached hydrogens (primary N) is 1. The van der Waals surface area contributed by atoms with Crippen LogP contribution in [0.4, 0.5) is 5.69 Å². The minimum Gasteiger partial charge on any atom is -0.444 e.